The van der Waals surface area contributed by atoms with Crippen LogP contribution in [0.2, 0.25) is 0 Å². The second-order valence-corrected chi connectivity index (χ2v) is 6.82. The molecule has 0 N–H and O–H groups in total. The highest BCUT2D eigenvalue weighted by Crippen LogP contribution is 2.27. The SMILES string of the molecule is Cc1ccccc1[C@@H](C(=O)N(C)C1CCCCCC1)N(C)C. The fourth-order valence-electron chi connectivity index (χ4n) is 3.54. The Kier molecular flexibility index (Phi) is 6.01. The van der Waals surface area contributed by atoms with Gasteiger partial charge in [0, 0.05) is 13.1 Å². The van der Waals surface area contributed by atoms with Crippen LogP contribution in [0.3, 0.4) is 0 Å². The summed E-state index contributed by atoms with van der Waals surface area (Å²) in [5.41, 5.74) is 2.31. The van der Waals surface area contributed by atoms with Gasteiger partial charge in [-0.05, 0) is 45.0 Å². The molecular formula is C19H30N2O. The van der Waals surface area contributed by atoms with Crippen molar-refractivity contribution >= 4 is 5.91 Å². The lowest BCUT2D eigenvalue weighted by molar-refractivity contribution is -0.137. The molecular weight excluding hydrogens is 272 g/mol. The quantitative estimate of drug-likeness (QED) is 0.790. The number of aryl methyl sites for hydroxylation is 1. The Morgan fingerprint density at radius 1 is 1.05 bits per heavy atom. The van der Waals surface area contributed by atoms with Crippen LogP contribution < -0.4 is 0 Å². The van der Waals surface area contributed by atoms with E-state index in [0.717, 1.165) is 18.4 Å². The Morgan fingerprint density at radius 2 is 1.64 bits per heavy atom. The zero-order valence-corrected chi connectivity index (χ0v) is 14.5. The molecule has 0 aliphatic heterocycles. The number of carbonyl (C=O) groups is 1. The summed E-state index contributed by atoms with van der Waals surface area (Å²) in [4.78, 5) is 17.2. The predicted octanol–water partition coefficient (Wildman–Crippen LogP) is 3.78. The summed E-state index contributed by atoms with van der Waals surface area (Å²) in [5.74, 6) is 0.228. The van der Waals surface area contributed by atoms with Crippen LogP contribution in [-0.4, -0.2) is 42.9 Å². The summed E-state index contributed by atoms with van der Waals surface area (Å²) >= 11 is 0. The molecule has 0 aromatic heterocycles. The van der Waals surface area contributed by atoms with E-state index in [1.54, 1.807) is 0 Å². The first kappa shape index (κ1) is 17.0. The molecule has 1 saturated carbocycles. The van der Waals surface area contributed by atoms with Gasteiger partial charge in [-0.25, -0.2) is 0 Å². The van der Waals surface area contributed by atoms with E-state index in [9.17, 15) is 4.79 Å². The standard InChI is InChI=1S/C19H30N2O/c1-15-11-9-10-14-17(15)18(20(2)3)19(22)21(4)16-12-7-5-6-8-13-16/h9-11,14,16,18H,5-8,12-13H2,1-4H3/t18-/m0/s1. The molecule has 1 fully saturated rings. The van der Waals surface area contributed by atoms with E-state index < -0.39 is 0 Å². The van der Waals surface area contributed by atoms with Gasteiger partial charge < -0.3 is 4.90 Å². The van der Waals surface area contributed by atoms with Crippen LogP contribution in [0.25, 0.3) is 0 Å². The number of nitrogens with zero attached hydrogens (tertiary/aromatic N) is 2. The summed E-state index contributed by atoms with van der Waals surface area (Å²) in [6.45, 7) is 2.09. The molecule has 2 rings (SSSR count). The molecule has 1 aliphatic carbocycles. The van der Waals surface area contributed by atoms with Gasteiger partial charge in [0.05, 0.1) is 0 Å². The molecule has 1 aromatic carbocycles. The molecule has 3 nitrogen and oxygen atoms in total. The van der Waals surface area contributed by atoms with Crippen LogP contribution in [-0.2, 0) is 4.79 Å². The highest BCUT2D eigenvalue weighted by atomic mass is 16.2. The zero-order valence-electron chi connectivity index (χ0n) is 14.5. The monoisotopic (exact) mass is 302 g/mol. The number of carbonyl (C=O) groups excluding carboxylic acids is 1. The van der Waals surface area contributed by atoms with Crippen molar-refractivity contribution in [2.24, 2.45) is 0 Å². The van der Waals surface area contributed by atoms with Gasteiger partial charge in [0.1, 0.15) is 6.04 Å². The lowest BCUT2D eigenvalue weighted by atomic mass is 9.98. The van der Waals surface area contributed by atoms with E-state index in [1.165, 1.54) is 31.2 Å². The number of likely N-dealkylation sites (N-methyl/N-ethyl adjacent to an activating group) is 2. The van der Waals surface area contributed by atoms with Crippen molar-refractivity contribution in [1.82, 2.24) is 9.80 Å². The van der Waals surface area contributed by atoms with Gasteiger partial charge in [-0.2, -0.15) is 0 Å². The third-order valence-electron chi connectivity index (χ3n) is 4.95. The Bertz CT molecular complexity index is 490. The van der Waals surface area contributed by atoms with Gasteiger partial charge in [-0.15, -0.1) is 0 Å². The highest BCUT2D eigenvalue weighted by Gasteiger charge is 2.30. The average molecular weight is 302 g/mol. The summed E-state index contributed by atoms with van der Waals surface area (Å²) in [7, 11) is 5.99. The second kappa shape index (κ2) is 7.77. The van der Waals surface area contributed by atoms with Crippen LogP contribution in [0.4, 0.5) is 0 Å². The number of hydrogen-bond donors (Lipinski definition) is 0. The lowest BCUT2D eigenvalue weighted by Gasteiger charge is -2.34. The van der Waals surface area contributed by atoms with Gasteiger partial charge in [0.2, 0.25) is 5.91 Å². The summed E-state index contributed by atoms with van der Waals surface area (Å²) in [5, 5.41) is 0. The molecule has 0 bridgehead atoms. The van der Waals surface area contributed by atoms with E-state index in [2.05, 4.69) is 19.1 Å². The number of benzene rings is 1. The van der Waals surface area contributed by atoms with Crippen molar-refractivity contribution in [3.63, 3.8) is 0 Å². The molecule has 3 heteroatoms. The predicted molar refractivity (Wildman–Crippen MR) is 91.9 cm³/mol. The molecule has 0 spiro atoms. The Labute approximate surface area is 135 Å². The van der Waals surface area contributed by atoms with E-state index in [-0.39, 0.29) is 11.9 Å². The average Bonchev–Trinajstić information content (AvgIpc) is 2.77. The van der Waals surface area contributed by atoms with Crippen LogP contribution >= 0.6 is 0 Å². The lowest BCUT2D eigenvalue weighted by Crippen LogP contribution is -2.43. The number of rotatable bonds is 4. The second-order valence-electron chi connectivity index (χ2n) is 6.82. The molecule has 1 amide bonds. The third kappa shape index (κ3) is 3.89. The fraction of sp³-hybridized carbons (Fsp3) is 0.632. The maximum Gasteiger partial charge on any atom is 0.244 e. The smallest absolute Gasteiger partial charge is 0.244 e. The van der Waals surface area contributed by atoms with E-state index in [0.29, 0.717) is 6.04 Å². The van der Waals surface area contributed by atoms with Crippen molar-refractivity contribution in [1.29, 1.82) is 0 Å². The zero-order chi connectivity index (χ0) is 16.1. The maximum absolute atomic E-state index is 13.1. The molecule has 1 aromatic rings. The highest BCUT2D eigenvalue weighted by molar-refractivity contribution is 5.83. The van der Waals surface area contributed by atoms with Crippen molar-refractivity contribution < 1.29 is 4.79 Å². The molecule has 0 saturated heterocycles. The number of hydrogen-bond acceptors (Lipinski definition) is 2. The van der Waals surface area contributed by atoms with Crippen LogP contribution in [0.1, 0.15) is 55.7 Å². The topological polar surface area (TPSA) is 23.6 Å². The Balaban J connectivity index is 2.21. The van der Waals surface area contributed by atoms with Gasteiger partial charge in [0.15, 0.2) is 0 Å². The van der Waals surface area contributed by atoms with E-state index in [4.69, 9.17) is 0 Å². The van der Waals surface area contributed by atoms with Crippen LogP contribution in [0.5, 0.6) is 0 Å². The van der Waals surface area contributed by atoms with Gasteiger partial charge >= 0.3 is 0 Å². The fourth-order valence-corrected chi connectivity index (χ4v) is 3.54. The molecule has 1 aliphatic rings. The summed E-state index contributed by atoms with van der Waals surface area (Å²) in [6.07, 6.45) is 7.42. The third-order valence-corrected chi connectivity index (χ3v) is 4.95. The van der Waals surface area contributed by atoms with Crippen LogP contribution in [0.15, 0.2) is 24.3 Å². The van der Waals surface area contributed by atoms with Crippen molar-refractivity contribution in [2.75, 3.05) is 21.1 Å². The minimum atomic E-state index is -0.186. The largest absolute Gasteiger partial charge is 0.341 e. The normalized spacial score (nSPS) is 18.0. The molecule has 0 unspecified atom stereocenters. The Morgan fingerprint density at radius 3 is 2.18 bits per heavy atom. The minimum absolute atomic E-state index is 0.186. The molecule has 122 valence electrons. The molecule has 0 radical (unpaired) electrons. The van der Waals surface area contributed by atoms with E-state index in [1.807, 2.05) is 43.1 Å². The van der Waals surface area contributed by atoms with Gasteiger partial charge in [-0.1, -0.05) is 49.9 Å². The van der Waals surface area contributed by atoms with Gasteiger partial charge in [0.25, 0.3) is 0 Å². The van der Waals surface area contributed by atoms with Gasteiger partial charge in [-0.3, -0.25) is 9.69 Å². The van der Waals surface area contributed by atoms with Crippen molar-refractivity contribution in [3.05, 3.63) is 35.4 Å². The molecule has 0 heterocycles. The first-order valence-corrected chi connectivity index (χ1v) is 8.51. The number of amides is 1. The van der Waals surface area contributed by atoms with Crippen molar-refractivity contribution in [2.45, 2.75) is 57.5 Å². The van der Waals surface area contributed by atoms with E-state index >= 15 is 0 Å². The molecule has 1 atom stereocenters. The Hall–Kier alpha value is -1.35. The first-order valence-electron chi connectivity index (χ1n) is 8.51. The molecule has 22 heavy (non-hydrogen) atoms. The first-order chi connectivity index (χ1) is 10.5. The summed E-state index contributed by atoms with van der Waals surface area (Å²) < 4.78 is 0. The van der Waals surface area contributed by atoms with Crippen molar-refractivity contribution in [3.8, 4) is 0 Å². The van der Waals surface area contributed by atoms with Crippen LogP contribution in [0, 0.1) is 6.92 Å². The summed E-state index contributed by atoms with van der Waals surface area (Å²) in [6, 6.07) is 8.45. The maximum atomic E-state index is 13.1. The minimum Gasteiger partial charge on any atom is -0.341 e.